The lowest BCUT2D eigenvalue weighted by atomic mass is 9.82. The number of phenols is 1. The highest BCUT2D eigenvalue weighted by Crippen LogP contribution is 2.41. The number of carbonyl (C=O) groups excluding carboxylic acids is 1. The standard InChI is InChI=1S/C23H34Cl2N2O5S/c1-13-9-14(7-8-27(13)21(29)19-12-31-23(5,6)32-19)20(26-33(30)22(2,3)4)15-10-16(24)17(25)11-18(15)28/h10-11,13-14,19-20,26,28H,7-9,12H2,1-6H3/t13?,14?,19-,20?,33+/m1/s1. The van der Waals surface area contributed by atoms with E-state index in [-0.39, 0.29) is 35.2 Å². The van der Waals surface area contributed by atoms with Crippen LogP contribution in [0.4, 0.5) is 0 Å². The van der Waals surface area contributed by atoms with Gasteiger partial charge in [-0.3, -0.25) is 4.79 Å². The van der Waals surface area contributed by atoms with Gasteiger partial charge >= 0.3 is 0 Å². The second kappa shape index (κ2) is 10.1. The molecule has 1 amide bonds. The van der Waals surface area contributed by atoms with E-state index in [2.05, 4.69) is 4.72 Å². The van der Waals surface area contributed by atoms with Gasteiger partial charge in [-0.05, 0) is 66.4 Å². The van der Waals surface area contributed by atoms with Crippen molar-refractivity contribution in [2.75, 3.05) is 13.2 Å². The smallest absolute Gasteiger partial charge is 0.254 e. The molecule has 2 fully saturated rings. The van der Waals surface area contributed by atoms with E-state index in [1.807, 2.05) is 32.6 Å². The third-order valence-electron chi connectivity index (χ3n) is 6.15. The molecule has 10 heteroatoms. The Morgan fingerprint density at radius 3 is 2.52 bits per heavy atom. The number of ether oxygens (including phenoxy) is 2. The van der Waals surface area contributed by atoms with E-state index in [1.54, 1.807) is 19.9 Å². The predicted octanol–water partition coefficient (Wildman–Crippen LogP) is 4.57. The lowest BCUT2D eigenvalue weighted by Crippen LogP contribution is -2.52. The zero-order valence-electron chi connectivity index (χ0n) is 20.0. The van der Waals surface area contributed by atoms with Gasteiger partial charge in [0, 0.05) is 35.6 Å². The molecule has 1 aromatic rings. The molecule has 2 aliphatic rings. The number of piperidine rings is 1. The first kappa shape index (κ1) is 26.9. The fraction of sp³-hybridized carbons (Fsp3) is 0.696. The van der Waals surface area contributed by atoms with Crippen molar-refractivity contribution >= 4 is 40.5 Å². The third kappa shape index (κ3) is 6.28. The first-order valence-corrected chi connectivity index (χ1v) is 13.1. The number of nitrogens with zero attached hydrogens (tertiary/aromatic N) is 1. The molecule has 3 rings (SSSR count). The number of hydrogen-bond donors (Lipinski definition) is 2. The SMILES string of the molecule is CC1CC(C(N[S@@+]([O-])C(C)(C)C)c2cc(Cl)c(Cl)cc2O)CCN1C(=O)[C@H]1COC(C)(C)O1. The first-order chi connectivity index (χ1) is 15.2. The summed E-state index contributed by atoms with van der Waals surface area (Å²) in [6, 6.07) is 2.55. The van der Waals surface area contributed by atoms with E-state index in [4.69, 9.17) is 32.7 Å². The van der Waals surface area contributed by atoms with Gasteiger partial charge in [-0.1, -0.05) is 23.2 Å². The molecule has 3 unspecified atom stereocenters. The van der Waals surface area contributed by atoms with Crippen molar-refractivity contribution in [3.05, 3.63) is 27.7 Å². The van der Waals surface area contributed by atoms with Crippen LogP contribution in [0.1, 0.15) is 66.0 Å². The highest BCUT2D eigenvalue weighted by Gasteiger charge is 2.43. The van der Waals surface area contributed by atoms with Crippen LogP contribution in [0.5, 0.6) is 5.75 Å². The van der Waals surface area contributed by atoms with Gasteiger partial charge in [-0.15, -0.1) is 4.72 Å². The molecular weight excluding hydrogens is 487 g/mol. The number of nitrogens with one attached hydrogen (secondary N) is 1. The monoisotopic (exact) mass is 520 g/mol. The van der Waals surface area contributed by atoms with Gasteiger partial charge in [0.2, 0.25) is 0 Å². The molecule has 0 bridgehead atoms. The summed E-state index contributed by atoms with van der Waals surface area (Å²) in [5.74, 6) is -0.834. The third-order valence-corrected chi connectivity index (χ3v) is 8.45. The predicted molar refractivity (Wildman–Crippen MR) is 131 cm³/mol. The summed E-state index contributed by atoms with van der Waals surface area (Å²) < 4.78 is 27.1. The molecule has 5 atom stereocenters. The number of hydrogen-bond acceptors (Lipinski definition) is 6. The number of carbonyl (C=O) groups is 1. The van der Waals surface area contributed by atoms with Gasteiger partial charge in [-0.2, -0.15) is 0 Å². The van der Waals surface area contributed by atoms with Crippen molar-refractivity contribution in [3.8, 4) is 5.75 Å². The summed E-state index contributed by atoms with van der Waals surface area (Å²) in [5.41, 5.74) is 0.549. The van der Waals surface area contributed by atoms with Gasteiger partial charge in [0.05, 0.1) is 22.7 Å². The molecule has 2 aliphatic heterocycles. The van der Waals surface area contributed by atoms with Gasteiger partial charge in [0.15, 0.2) is 11.9 Å². The highest BCUT2D eigenvalue weighted by atomic mass is 35.5. The second-order valence-electron chi connectivity index (χ2n) is 10.3. The number of rotatable bonds is 5. The Balaban J connectivity index is 1.81. The Bertz CT molecular complexity index is 879. The van der Waals surface area contributed by atoms with E-state index in [0.29, 0.717) is 30.0 Å². The van der Waals surface area contributed by atoms with E-state index in [0.717, 1.165) is 0 Å². The molecular formula is C23H34Cl2N2O5S. The second-order valence-corrected chi connectivity index (χ2v) is 13.1. The normalized spacial score (nSPS) is 27.4. The van der Waals surface area contributed by atoms with Crippen molar-refractivity contribution in [1.29, 1.82) is 0 Å². The number of phenolic OH excluding ortho intramolecular Hbond substituents is 1. The van der Waals surface area contributed by atoms with Crippen molar-refractivity contribution in [3.63, 3.8) is 0 Å². The maximum absolute atomic E-state index is 13.1. The molecule has 0 saturated carbocycles. The van der Waals surface area contributed by atoms with Gasteiger partial charge in [-0.25, -0.2) is 0 Å². The maximum Gasteiger partial charge on any atom is 0.254 e. The van der Waals surface area contributed by atoms with Crippen molar-refractivity contribution < 1.29 is 23.9 Å². The lowest BCUT2D eigenvalue weighted by Gasteiger charge is -2.42. The molecule has 33 heavy (non-hydrogen) atoms. The summed E-state index contributed by atoms with van der Waals surface area (Å²) in [6.45, 7) is 12.0. The Morgan fingerprint density at radius 2 is 1.97 bits per heavy atom. The highest BCUT2D eigenvalue weighted by molar-refractivity contribution is 7.90. The maximum atomic E-state index is 13.1. The molecule has 7 nitrogen and oxygen atoms in total. The Labute approximate surface area is 209 Å². The van der Waals surface area contributed by atoms with E-state index >= 15 is 0 Å². The molecule has 2 N–H and O–H groups in total. The summed E-state index contributed by atoms with van der Waals surface area (Å²) >= 11 is 11.0. The molecule has 0 aromatic heterocycles. The summed E-state index contributed by atoms with van der Waals surface area (Å²) in [5, 5.41) is 11.2. The summed E-state index contributed by atoms with van der Waals surface area (Å²) in [6.07, 6.45) is 0.702. The van der Waals surface area contributed by atoms with E-state index < -0.39 is 34.0 Å². The van der Waals surface area contributed by atoms with Crippen LogP contribution in [0.25, 0.3) is 0 Å². The van der Waals surface area contributed by atoms with E-state index in [1.165, 1.54) is 6.07 Å². The minimum absolute atomic E-state index is 0.00213. The fourth-order valence-electron chi connectivity index (χ4n) is 4.34. The molecule has 2 saturated heterocycles. The Hall–Kier alpha value is -0.740. The minimum Gasteiger partial charge on any atom is -0.598 e. The first-order valence-electron chi connectivity index (χ1n) is 11.2. The van der Waals surface area contributed by atoms with Crippen LogP contribution in [0.3, 0.4) is 0 Å². The fourth-order valence-corrected chi connectivity index (χ4v) is 5.57. The molecule has 1 aromatic carbocycles. The van der Waals surface area contributed by atoms with Crippen molar-refractivity contribution in [2.24, 2.45) is 5.92 Å². The van der Waals surface area contributed by atoms with Gasteiger partial charge in [0.25, 0.3) is 5.91 Å². The van der Waals surface area contributed by atoms with Crippen LogP contribution < -0.4 is 4.72 Å². The Kier molecular flexibility index (Phi) is 8.21. The molecule has 0 aliphatic carbocycles. The van der Waals surface area contributed by atoms with Crippen molar-refractivity contribution in [1.82, 2.24) is 9.62 Å². The van der Waals surface area contributed by atoms with Crippen LogP contribution in [0.15, 0.2) is 12.1 Å². The number of aromatic hydroxyl groups is 1. The lowest BCUT2D eigenvalue weighted by molar-refractivity contribution is -0.163. The van der Waals surface area contributed by atoms with Crippen LogP contribution in [0, 0.1) is 5.92 Å². The average molecular weight is 522 g/mol. The largest absolute Gasteiger partial charge is 0.598 e. The van der Waals surface area contributed by atoms with Crippen LogP contribution in [-0.4, -0.2) is 56.3 Å². The molecule has 0 radical (unpaired) electrons. The molecule has 2 heterocycles. The zero-order valence-corrected chi connectivity index (χ0v) is 22.3. The van der Waals surface area contributed by atoms with Gasteiger partial charge < -0.3 is 24.0 Å². The number of halogens is 2. The quantitative estimate of drug-likeness (QED) is 0.552. The average Bonchev–Trinajstić information content (AvgIpc) is 3.07. The van der Waals surface area contributed by atoms with Crippen LogP contribution >= 0.6 is 23.2 Å². The van der Waals surface area contributed by atoms with Crippen LogP contribution in [0.2, 0.25) is 10.0 Å². The van der Waals surface area contributed by atoms with E-state index in [9.17, 15) is 14.5 Å². The van der Waals surface area contributed by atoms with Gasteiger partial charge in [0.1, 0.15) is 10.5 Å². The number of benzene rings is 1. The minimum atomic E-state index is -1.38. The van der Waals surface area contributed by atoms with Crippen LogP contribution in [-0.2, 0) is 25.6 Å². The zero-order chi connectivity index (χ0) is 24.7. The Morgan fingerprint density at radius 1 is 1.33 bits per heavy atom. The molecule has 186 valence electrons. The topological polar surface area (TPSA) is 94.1 Å². The summed E-state index contributed by atoms with van der Waals surface area (Å²) in [4.78, 5) is 14.9. The van der Waals surface area contributed by atoms with Crippen molar-refractivity contribution in [2.45, 2.75) is 83.1 Å². The summed E-state index contributed by atoms with van der Waals surface area (Å²) in [7, 11) is 0. The molecule has 0 spiro atoms. The number of amides is 1. The number of likely N-dealkylation sites (tertiary alicyclic amines) is 1.